The van der Waals surface area contributed by atoms with Gasteiger partial charge in [0.1, 0.15) is 0 Å². The van der Waals surface area contributed by atoms with Crippen molar-refractivity contribution in [2.24, 2.45) is 0 Å². The minimum Gasteiger partial charge on any atom is -0.822 e. The molecule has 0 aliphatic heterocycles. The summed E-state index contributed by atoms with van der Waals surface area (Å²) in [7, 11) is -10.8. The van der Waals surface area contributed by atoms with Crippen molar-refractivity contribution in [2.75, 3.05) is 0 Å². The zero-order valence-corrected chi connectivity index (χ0v) is 7.67. The topological polar surface area (TPSA) is 290 Å². The van der Waals surface area contributed by atoms with Crippen LogP contribution in [0.5, 0.6) is 0 Å². The molecule has 0 aromatic rings. The normalized spacial score (nSPS) is 8.43. The van der Waals surface area contributed by atoms with Crippen LogP contribution in [0.15, 0.2) is 0 Å². The molecule has 0 bridgehead atoms. The van der Waals surface area contributed by atoms with Gasteiger partial charge in [-0.15, -0.1) is 0 Å². The summed E-state index contributed by atoms with van der Waals surface area (Å²) >= 11 is 0. The van der Waals surface area contributed by atoms with E-state index in [-0.39, 0.29) is 21.9 Å². The Labute approximate surface area is 77.2 Å². The molecule has 0 spiro atoms. The van der Waals surface area contributed by atoms with Gasteiger partial charge in [0, 0.05) is 0 Å². The van der Waals surface area contributed by atoms with Crippen molar-refractivity contribution >= 4 is 15.6 Å². The third kappa shape index (κ3) is 410000. The van der Waals surface area contributed by atoms with Gasteiger partial charge in [0.05, 0.1) is 0 Å². The number of hydrogen-bond acceptors (Lipinski definition) is 8. The number of rotatable bonds is 0. The Balaban J connectivity index is -0.0000000178. The molecule has 0 unspecified atom stereocenters. The average molecular weight is 256 g/mol. The maximum Gasteiger partial charge on any atom is 2.00 e. The SMILES string of the molecule is O.O=P([O-])([O-])[O-].O=P([O-])([O-])[O-].[O+2].[O+2].[O+2]. The molecule has 0 amide bonds. The van der Waals surface area contributed by atoms with Crippen molar-refractivity contribution in [3.63, 3.8) is 0 Å². The van der Waals surface area contributed by atoms with Crippen molar-refractivity contribution in [1.82, 2.24) is 0 Å². The van der Waals surface area contributed by atoms with Crippen LogP contribution in [0.1, 0.15) is 0 Å². The molecule has 0 rings (SSSR count). The summed E-state index contributed by atoms with van der Waals surface area (Å²) in [5.41, 5.74) is 0. The van der Waals surface area contributed by atoms with E-state index in [0.29, 0.717) is 0 Å². The van der Waals surface area contributed by atoms with Crippen LogP contribution >= 0.6 is 15.6 Å². The summed E-state index contributed by atoms with van der Waals surface area (Å²) in [6, 6.07) is 0. The Morgan fingerprint density at radius 2 is 0.571 bits per heavy atom. The first kappa shape index (κ1) is 36.9. The zero-order valence-electron chi connectivity index (χ0n) is 5.89. The monoisotopic (exact) mass is 256 g/mol. The highest BCUT2D eigenvalue weighted by atomic mass is 31.2. The molecule has 0 saturated carbocycles. The molecular formula is H2O12P2. The third-order valence-corrected chi connectivity index (χ3v) is 0. The van der Waals surface area contributed by atoms with Crippen LogP contribution in [0.2, 0.25) is 0 Å². The first-order chi connectivity index (χ1) is 4.00. The summed E-state index contributed by atoms with van der Waals surface area (Å²) in [5, 5.41) is 0. The molecule has 14 heteroatoms. The van der Waals surface area contributed by atoms with Crippen LogP contribution in [0.3, 0.4) is 0 Å². The lowest BCUT2D eigenvalue weighted by Crippen LogP contribution is -2.24. The second-order valence-corrected chi connectivity index (χ2v) is 2.68. The van der Waals surface area contributed by atoms with E-state index in [4.69, 9.17) is 38.5 Å². The number of phosphoric acid groups is 2. The molecule has 0 aliphatic rings. The van der Waals surface area contributed by atoms with Gasteiger partial charge >= 0.3 is 16.4 Å². The standard InChI is InChI=1S/2H3O4P.H2O.3O/c2*1-5(2,3)4;;;;/h2*(H3,1,2,3,4);1H2;;;/q;;;3*+2/p-6. The van der Waals surface area contributed by atoms with Crippen molar-refractivity contribution in [2.45, 2.75) is 0 Å². The fourth-order valence-corrected chi connectivity index (χ4v) is 0. The van der Waals surface area contributed by atoms with Gasteiger partial charge in [-0.2, -0.15) is 15.6 Å². The van der Waals surface area contributed by atoms with Crippen LogP contribution in [-0.4, -0.2) is 5.48 Å². The van der Waals surface area contributed by atoms with Gasteiger partial charge in [-0.3, -0.25) is 0 Å². The fraction of sp³-hybridized carbons (Fsp3) is 0. The molecule has 12 nitrogen and oxygen atoms in total. The molecule has 0 aromatic heterocycles. The Morgan fingerprint density at radius 1 is 0.571 bits per heavy atom. The summed E-state index contributed by atoms with van der Waals surface area (Å²) in [4.78, 5) is 51.3. The van der Waals surface area contributed by atoms with Gasteiger partial charge in [0.2, 0.25) is 0 Å². The van der Waals surface area contributed by atoms with Crippen molar-refractivity contribution in [3.8, 4) is 0 Å². The smallest absolute Gasteiger partial charge is 0.822 e. The van der Waals surface area contributed by atoms with Crippen LogP contribution < -0.4 is 29.4 Å². The van der Waals surface area contributed by atoms with Gasteiger partial charge in [-0.25, -0.2) is 0 Å². The first-order valence-corrected chi connectivity index (χ1v) is 4.38. The highest BCUT2D eigenvalue weighted by molar-refractivity contribution is 7.40. The second-order valence-electron chi connectivity index (χ2n) is 0.894. The lowest BCUT2D eigenvalue weighted by molar-refractivity contribution is -0.434. The molecule has 84 valence electrons. The summed E-state index contributed by atoms with van der Waals surface area (Å²) in [5.74, 6) is 0. The lowest BCUT2D eigenvalue weighted by Gasteiger charge is -2.36. The summed E-state index contributed by atoms with van der Waals surface area (Å²) < 4.78 is 17.1. The van der Waals surface area contributed by atoms with Crippen molar-refractivity contribution < 1.29 is 60.4 Å². The van der Waals surface area contributed by atoms with E-state index < -0.39 is 15.6 Å². The van der Waals surface area contributed by atoms with Gasteiger partial charge in [0.25, 0.3) is 0 Å². The van der Waals surface area contributed by atoms with E-state index in [1.807, 2.05) is 0 Å². The lowest BCUT2D eigenvalue weighted by atomic mass is 15.8. The molecule has 0 heterocycles. The van der Waals surface area contributed by atoms with Crippen molar-refractivity contribution in [3.05, 3.63) is 0 Å². The summed E-state index contributed by atoms with van der Waals surface area (Å²) in [6.07, 6.45) is 0. The molecular weight excluding hydrogens is 254 g/mol. The molecule has 2 N–H and O–H groups in total. The van der Waals surface area contributed by atoms with E-state index in [1.165, 1.54) is 0 Å². The van der Waals surface area contributed by atoms with Crippen LogP contribution in [0.25, 0.3) is 0 Å². The molecule has 14 heavy (non-hydrogen) atoms. The molecule has 0 atom stereocenters. The Kier molecular flexibility index (Phi) is 34.4. The predicted octanol–water partition coefficient (Wildman–Crippen LogP) is -6.83. The van der Waals surface area contributed by atoms with E-state index in [2.05, 4.69) is 0 Å². The minimum absolute atomic E-state index is 0. The molecule has 0 fully saturated rings. The largest absolute Gasteiger partial charge is 2.00 e. The molecule has 0 aliphatic carbocycles. The Hall–Kier alpha value is 0.0600. The first-order valence-electron chi connectivity index (χ1n) is 1.46. The highest BCUT2D eigenvalue weighted by Gasteiger charge is 2.00. The van der Waals surface area contributed by atoms with E-state index in [9.17, 15) is 0 Å². The highest BCUT2D eigenvalue weighted by Crippen LogP contribution is 2.03. The van der Waals surface area contributed by atoms with Crippen molar-refractivity contribution in [1.29, 1.82) is 0 Å². The Bertz CT molecular complexity index is 121. The maximum absolute atomic E-state index is 8.55. The molecule has 0 saturated heterocycles. The molecule has 12 radical (unpaired) electrons. The van der Waals surface area contributed by atoms with Gasteiger partial charge in [0.15, 0.2) is 0 Å². The minimum atomic E-state index is -5.39. The van der Waals surface area contributed by atoms with Crippen LogP contribution in [0, 0.1) is 0 Å². The van der Waals surface area contributed by atoms with E-state index >= 15 is 0 Å². The van der Waals surface area contributed by atoms with E-state index in [1.54, 1.807) is 0 Å². The maximum atomic E-state index is 8.55. The van der Waals surface area contributed by atoms with Gasteiger partial charge < -0.3 is 44.0 Å². The zero-order chi connectivity index (χ0) is 9.00. The van der Waals surface area contributed by atoms with Crippen LogP contribution in [0.4, 0.5) is 0 Å². The average Bonchev–Trinajstić information content (AvgIpc) is 1.12. The number of hydrogen-bond donors (Lipinski definition) is 0. The fourth-order valence-electron chi connectivity index (χ4n) is 0. The van der Waals surface area contributed by atoms with E-state index in [0.717, 1.165) is 0 Å². The summed E-state index contributed by atoms with van der Waals surface area (Å²) in [6.45, 7) is 0. The predicted molar refractivity (Wildman–Crippen MR) is 20.9 cm³/mol. The second kappa shape index (κ2) is 13.1. The quantitative estimate of drug-likeness (QED) is 0.373. The Morgan fingerprint density at radius 3 is 0.571 bits per heavy atom. The van der Waals surface area contributed by atoms with Gasteiger partial charge in [-0.05, 0) is 0 Å². The molecule has 0 aromatic carbocycles. The van der Waals surface area contributed by atoms with Gasteiger partial charge in [-0.1, -0.05) is 0 Å². The third-order valence-electron chi connectivity index (χ3n) is 0. The van der Waals surface area contributed by atoms with Crippen LogP contribution in [-0.2, 0) is 25.6 Å².